The second-order valence-corrected chi connectivity index (χ2v) is 16.3. The maximum absolute atomic E-state index is 15.2. The number of carbonyl (C=O) groups excluding carboxylic acids is 1. The van der Waals surface area contributed by atoms with Crippen molar-refractivity contribution < 1.29 is 44.9 Å². The Morgan fingerprint density at radius 1 is 1.00 bits per heavy atom. The van der Waals surface area contributed by atoms with Gasteiger partial charge >= 0.3 is 0 Å². The van der Waals surface area contributed by atoms with E-state index in [9.17, 15) is 30.6 Å². The van der Waals surface area contributed by atoms with E-state index in [-0.39, 0.29) is 53.8 Å². The summed E-state index contributed by atoms with van der Waals surface area (Å²) in [5, 5.41) is 74.8. The van der Waals surface area contributed by atoms with Gasteiger partial charge in [0.15, 0.2) is 23.0 Å². The molecule has 0 radical (unpaired) electrons. The third-order valence-electron chi connectivity index (χ3n) is 12.8. The zero-order chi connectivity index (χ0) is 42.0. The third kappa shape index (κ3) is 8.09. The number of allylic oxidation sites excluding steroid dienone is 2. The molecule has 0 spiro atoms. The molecular formula is C48H53N3O9. The highest BCUT2D eigenvalue weighted by molar-refractivity contribution is 5.87. The quantitative estimate of drug-likeness (QED) is 0.0498. The van der Waals surface area contributed by atoms with Crippen LogP contribution in [0, 0.1) is 17.3 Å². The molecule has 0 saturated heterocycles. The standard InChI is InChI=1S/C48H53N3O9/c1-59-43-23-28(22-42(57)46(43)58)6-13-39(54)45(40(55)14-9-29-10-15-41(56)47-36(29)5-3-21-60-47)48(18-16-38(53)37(48)27-33-4-2-19-49-33)32-17-20-50-44(26-32)51-34-11-7-31-25-35(52)12-8-30(31)24-34/h2,4,7-8,10-12,15,17,19,22-26,37-38,40,45,49-53,55-58H,3,5-6,9,13-14,16,18,20-21,27H2,1H3/t37-,38+,40-,45-,48+/m1/s1. The summed E-state index contributed by atoms with van der Waals surface area (Å²) in [7, 11) is 1.39. The molecule has 3 heterocycles. The summed E-state index contributed by atoms with van der Waals surface area (Å²) in [6, 6.07) is 21.5. The Morgan fingerprint density at radius 2 is 1.83 bits per heavy atom. The molecule has 5 aromatic rings. The van der Waals surface area contributed by atoms with Gasteiger partial charge in [-0.3, -0.25) is 4.79 Å². The van der Waals surface area contributed by atoms with Gasteiger partial charge < -0.3 is 55.7 Å². The van der Waals surface area contributed by atoms with Crippen LogP contribution in [0.5, 0.6) is 34.5 Å². The maximum Gasteiger partial charge on any atom is 0.200 e. The van der Waals surface area contributed by atoms with E-state index in [0.29, 0.717) is 56.0 Å². The molecule has 3 aliphatic rings. The number of anilines is 1. The number of H-pyrrole nitrogens is 1. The van der Waals surface area contributed by atoms with Crippen molar-refractivity contribution in [3.8, 4) is 34.5 Å². The number of phenols is 4. The van der Waals surface area contributed by atoms with Gasteiger partial charge in [0.25, 0.3) is 0 Å². The molecule has 0 bridgehead atoms. The van der Waals surface area contributed by atoms with Crippen LogP contribution in [0.25, 0.3) is 10.8 Å². The second kappa shape index (κ2) is 17.2. The number of aromatic nitrogens is 1. The maximum atomic E-state index is 15.2. The average Bonchev–Trinajstić information content (AvgIpc) is 3.89. The Balaban J connectivity index is 1.19. The zero-order valence-electron chi connectivity index (χ0n) is 33.7. The minimum atomic E-state index is -1.14. The van der Waals surface area contributed by atoms with Crippen LogP contribution in [0.3, 0.4) is 0 Å². The van der Waals surface area contributed by atoms with Gasteiger partial charge in [0.2, 0.25) is 5.75 Å². The summed E-state index contributed by atoms with van der Waals surface area (Å²) >= 11 is 0. The van der Waals surface area contributed by atoms with Crippen molar-refractivity contribution in [3.05, 3.63) is 125 Å². The number of rotatable bonds is 15. The number of aliphatic hydroxyl groups excluding tert-OH is 2. The van der Waals surface area contributed by atoms with Gasteiger partial charge in [0, 0.05) is 47.4 Å². The van der Waals surface area contributed by atoms with Crippen LogP contribution in [-0.4, -0.2) is 73.9 Å². The van der Waals surface area contributed by atoms with Crippen molar-refractivity contribution in [2.75, 3.05) is 25.6 Å². The number of aromatic hydroxyl groups is 4. The molecule has 2 aliphatic heterocycles. The number of aromatic amines is 1. The lowest BCUT2D eigenvalue weighted by Gasteiger charge is -2.46. The topological polar surface area (TPSA) is 197 Å². The Kier molecular flexibility index (Phi) is 11.7. The summed E-state index contributed by atoms with van der Waals surface area (Å²) in [6.07, 6.45) is 7.74. The Morgan fingerprint density at radius 3 is 2.65 bits per heavy atom. The molecule has 0 unspecified atom stereocenters. The normalized spacial score (nSPS) is 20.9. The minimum Gasteiger partial charge on any atom is -0.508 e. The first-order chi connectivity index (χ1) is 29.0. The van der Waals surface area contributed by atoms with Crippen LogP contribution >= 0.6 is 0 Å². The van der Waals surface area contributed by atoms with Gasteiger partial charge in [-0.15, -0.1) is 0 Å². The van der Waals surface area contributed by atoms with E-state index in [1.807, 2.05) is 54.7 Å². The molecule has 12 nitrogen and oxygen atoms in total. The largest absolute Gasteiger partial charge is 0.508 e. The highest BCUT2D eigenvalue weighted by Crippen LogP contribution is 2.58. The molecule has 0 amide bonds. The number of benzene rings is 4. The molecule has 5 atom stereocenters. The Labute approximate surface area is 348 Å². The van der Waals surface area contributed by atoms with E-state index in [1.54, 1.807) is 24.3 Å². The lowest BCUT2D eigenvalue weighted by Crippen LogP contribution is -2.50. The van der Waals surface area contributed by atoms with Gasteiger partial charge in [-0.05, 0) is 140 Å². The summed E-state index contributed by atoms with van der Waals surface area (Å²) in [6.45, 7) is 0.951. The SMILES string of the molecule is COc1cc(CCC(=O)[C@H]([C@H](O)CCc2ccc(O)c3c2CCCO3)[C@]2(C3=CCNC(Nc4ccc5cc(O)ccc5c4)=C3)CC[C@H](O)[C@H]2Cc2ccc[nH]2)cc(O)c1O. The minimum absolute atomic E-state index is 0.0115. The average molecular weight is 816 g/mol. The molecular weight excluding hydrogens is 763 g/mol. The molecule has 1 saturated carbocycles. The highest BCUT2D eigenvalue weighted by Gasteiger charge is 2.58. The molecule has 1 aromatic heterocycles. The Bertz CT molecular complexity index is 2430. The van der Waals surface area contributed by atoms with Crippen LogP contribution in [0.4, 0.5) is 5.69 Å². The number of phenolic OH excluding ortho intramolecular Hbond substituents is 4. The number of hydrogen-bond donors (Lipinski definition) is 9. The van der Waals surface area contributed by atoms with Crippen LogP contribution < -0.4 is 20.1 Å². The number of carbonyl (C=O) groups is 1. The highest BCUT2D eigenvalue weighted by atomic mass is 16.5. The van der Waals surface area contributed by atoms with Gasteiger partial charge in [-0.1, -0.05) is 24.3 Å². The second-order valence-electron chi connectivity index (χ2n) is 16.3. The van der Waals surface area contributed by atoms with E-state index in [0.717, 1.165) is 51.7 Å². The summed E-state index contributed by atoms with van der Waals surface area (Å²) < 4.78 is 11.1. The third-order valence-corrected chi connectivity index (χ3v) is 12.8. The summed E-state index contributed by atoms with van der Waals surface area (Å²) in [5.41, 5.74) is 4.01. The first kappa shape index (κ1) is 40.7. The zero-order valence-corrected chi connectivity index (χ0v) is 33.7. The van der Waals surface area contributed by atoms with E-state index in [1.165, 1.54) is 13.2 Å². The number of ether oxygens (including phenoxy) is 2. The van der Waals surface area contributed by atoms with Crippen molar-refractivity contribution in [1.29, 1.82) is 0 Å². The number of Topliss-reactive ketones (excluding diaryl/α,β-unsaturated/α-hetero) is 1. The van der Waals surface area contributed by atoms with E-state index in [4.69, 9.17) is 9.47 Å². The summed E-state index contributed by atoms with van der Waals surface area (Å²) in [5.74, 6) is -0.793. The lowest BCUT2D eigenvalue weighted by atomic mass is 9.58. The van der Waals surface area contributed by atoms with Crippen molar-refractivity contribution in [2.45, 2.75) is 70.0 Å². The fraction of sp³-hybridized carbons (Fsp3) is 0.354. The van der Waals surface area contributed by atoms with Crippen molar-refractivity contribution >= 4 is 22.2 Å². The number of dihydropyridines is 1. The van der Waals surface area contributed by atoms with E-state index < -0.39 is 29.5 Å². The fourth-order valence-corrected chi connectivity index (χ4v) is 9.93. The number of ketones is 1. The predicted molar refractivity (Wildman–Crippen MR) is 228 cm³/mol. The van der Waals surface area contributed by atoms with Crippen molar-refractivity contribution in [2.24, 2.45) is 17.3 Å². The van der Waals surface area contributed by atoms with Crippen LogP contribution in [0.15, 0.2) is 103 Å². The smallest absolute Gasteiger partial charge is 0.200 e. The monoisotopic (exact) mass is 815 g/mol. The van der Waals surface area contributed by atoms with Gasteiger partial charge in [-0.25, -0.2) is 0 Å². The van der Waals surface area contributed by atoms with Gasteiger partial charge in [-0.2, -0.15) is 0 Å². The number of fused-ring (bicyclic) bond motifs is 2. The molecule has 314 valence electrons. The molecule has 1 aliphatic carbocycles. The van der Waals surface area contributed by atoms with Gasteiger partial charge in [0.05, 0.1) is 31.8 Å². The van der Waals surface area contributed by atoms with E-state index >= 15 is 4.79 Å². The molecule has 1 fully saturated rings. The van der Waals surface area contributed by atoms with Crippen LogP contribution in [-0.2, 0) is 30.5 Å². The first-order valence-electron chi connectivity index (χ1n) is 20.8. The molecule has 8 rings (SSSR count). The number of hydrogen-bond acceptors (Lipinski definition) is 11. The molecule has 9 N–H and O–H groups in total. The summed E-state index contributed by atoms with van der Waals surface area (Å²) in [4.78, 5) is 18.5. The lowest BCUT2D eigenvalue weighted by molar-refractivity contribution is -0.134. The first-order valence-corrected chi connectivity index (χ1v) is 20.8. The number of nitrogens with one attached hydrogen (secondary N) is 3. The predicted octanol–water partition coefficient (Wildman–Crippen LogP) is 6.92. The molecule has 12 heteroatoms. The van der Waals surface area contributed by atoms with E-state index in [2.05, 4.69) is 21.7 Å². The van der Waals surface area contributed by atoms with Gasteiger partial charge in [0.1, 0.15) is 17.4 Å². The Hall–Kier alpha value is -6.11. The van der Waals surface area contributed by atoms with Crippen LogP contribution in [0.1, 0.15) is 54.5 Å². The molecule has 60 heavy (non-hydrogen) atoms. The van der Waals surface area contributed by atoms with Crippen molar-refractivity contribution in [3.63, 3.8) is 0 Å². The number of aliphatic hydroxyl groups is 2. The number of aryl methyl sites for hydroxylation is 2. The molecule has 4 aromatic carbocycles. The fourth-order valence-electron chi connectivity index (χ4n) is 9.93. The van der Waals surface area contributed by atoms with Crippen LogP contribution in [0.2, 0.25) is 0 Å². The number of methoxy groups -OCH3 is 1. The van der Waals surface area contributed by atoms with Crippen molar-refractivity contribution in [1.82, 2.24) is 10.3 Å².